The van der Waals surface area contributed by atoms with E-state index in [1.54, 1.807) is 0 Å². The molecular weight excluding hydrogens is 180 g/mol. The largest absolute Gasteiger partial charge is 0.356 e. The van der Waals surface area contributed by atoms with Crippen LogP contribution in [0.2, 0.25) is 0 Å². The molecule has 0 spiro atoms. The maximum Gasteiger partial charge on any atom is 0.229 e. The summed E-state index contributed by atoms with van der Waals surface area (Å²) in [5.74, 6) is -0.402. The van der Waals surface area contributed by atoms with Gasteiger partial charge in [0.1, 0.15) is 6.42 Å². The normalized spacial score (nSPS) is 11.9. The highest BCUT2D eigenvalue weighted by Crippen LogP contribution is 1.89. The monoisotopic (exact) mass is 200 g/mol. The number of hydrogen-bond acceptors (Lipinski definition) is 2. The zero-order chi connectivity index (χ0) is 11.0. The van der Waals surface area contributed by atoms with Crippen LogP contribution in [0, 0.1) is 0 Å². The Bertz CT molecular complexity index is 193. The molecule has 4 nitrogen and oxygen atoms in total. The van der Waals surface area contributed by atoms with Crippen molar-refractivity contribution in [1.29, 1.82) is 0 Å². The Balaban J connectivity index is 3.66. The lowest BCUT2D eigenvalue weighted by Gasteiger charge is -2.10. The molecular formula is C10H20N2O2. The lowest BCUT2D eigenvalue weighted by molar-refractivity contribution is -0.129. The third kappa shape index (κ3) is 6.46. The van der Waals surface area contributed by atoms with Gasteiger partial charge in [-0.2, -0.15) is 0 Å². The van der Waals surface area contributed by atoms with Crippen LogP contribution in [0.15, 0.2) is 0 Å². The Labute approximate surface area is 85.4 Å². The molecule has 1 atom stereocenters. The average Bonchev–Trinajstić information content (AvgIpc) is 2.14. The summed E-state index contributed by atoms with van der Waals surface area (Å²) >= 11 is 0. The second kappa shape index (κ2) is 7.35. The van der Waals surface area contributed by atoms with Gasteiger partial charge in [0.25, 0.3) is 0 Å². The second-order valence-electron chi connectivity index (χ2n) is 3.40. The first kappa shape index (κ1) is 12.9. The SMILES string of the molecule is CCCNC(=O)CC(=O)NC(C)CC. The summed E-state index contributed by atoms with van der Waals surface area (Å²) in [6.45, 7) is 6.51. The Hall–Kier alpha value is -1.06. The number of carbonyl (C=O) groups excluding carboxylic acids is 2. The standard InChI is InChI=1S/C10H20N2O2/c1-4-6-11-9(13)7-10(14)12-8(3)5-2/h8H,4-7H2,1-3H3,(H,11,13)(H,12,14). The zero-order valence-electron chi connectivity index (χ0n) is 9.22. The van der Waals surface area contributed by atoms with Crippen LogP contribution in [-0.2, 0) is 9.59 Å². The van der Waals surface area contributed by atoms with Crippen LogP contribution in [0.25, 0.3) is 0 Å². The van der Waals surface area contributed by atoms with Crippen LogP contribution in [0.5, 0.6) is 0 Å². The molecule has 1 unspecified atom stereocenters. The third-order valence-corrected chi connectivity index (χ3v) is 1.91. The fourth-order valence-corrected chi connectivity index (χ4v) is 0.901. The van der Waals surface area contributed by atoms with E-state index in [1.807, 2.05) is 20.8 Å². The first-order valence-electron chi connectivity index (χ1n) is 5.16. The molecule has 0 radical (unpaired) electrons. The van der Waals surface area contributed by atoms with Gasteiger partial charge in [0.15, 0.2) is 0 Å². The Morgan fingerprint density at radius 2 is 1.86 bits per heavy atom. The molecule has 0 bridgehead atoms. The van der Waals surface area contributed by atoms with Crippen LogP contribution in [-0.4, -0.2) is 24.4 Å². The number of amides is 2. The van der Waals surface area contributed by atoms with Gasteiger partial charge in [-0.05, 0) is 19.8 Å². The minimum absolute atomic E-state index is 0.0651. The van der Waals surface area contributed by atoms with Crippen molar-refractivity contribution in [3.63, 3.8) is 0 Å². The Morgan fingerprint density at radius 1 is 1.21 bits per heavy atom. The molecule has 0 aromatic rings. The molecule has 0 aliphatic heterocycles. The fourth-order valence-electron chi connectivity index (χ4n) is 0.901. The lowest BCUT2D eigenvalue weighted by Crippen LogP contribution is -2.36. The summed E-state index contributed by atoms with van der Waals surface area (Å²) in [6, 6.07) is 0.140. The van der Waals surface area contributed by atoms with Gasteiger partial charge in [0.2, 0.25) is 11.8 Å². The van der Waals surface area contributed by atoms with Gasteiger partial charge in [-0.25, -0.2) is 0 Å². The molecule has 0 saturated heterocycles. The average molecular weight is 200 g/mol. The van der Waals surface area contributed by atoms with Crippen molar-refractivity contribution in [1.82, 2.24) is 10.6 Å². The van der Waals surface area contributed by atoms with E-state index in [0.717, 1.165) is 12.8 Å². The molecule has 0 aromatic heterocycles. The highest BCUT2D eigenvalue weighted by molar-refractivity contribution is 5.96. The van der Waals surface area contributed by atoms with E-state index in [9.17, 15) is 9.59 Å². The molecule has 14 heavy (non-hydrogen) atoms. The summed E-state index contributed by atoms with van der Waals surface area (Å²) in [5, 5.41) is 5.39. The van der Waals surface area contributed by atoms with Crippen molar-refractivity contribution < 1.29 is 9.59 Å². The molecule has 2 amide bonds. The number of hydrogen-bond donors (Lipinski definition) is 2. The van der Waals surface area contributed by atoms with E-state index < -0.39 is 0 Å². The van der Waals surface area contributed by atoms with E-state index in [0.29, 0.717) is 6.54 Å². The van der Waals surface area contributed by atoms with Crippen molar-refractivity contribution in [2.45, 2.75) is 46.1 Å². The van der Waals surface area contributed by atoms with Crippen LogP contribution in [0.3, 0.4) is 0 Å². The van der Waals surface area contributed by atoms with E-state index in [4.69, 9.17) is 0 Å². The number of nitrogens with one attached hydrogen (secondary N) is 2. The first-order chi connectivity index (χ1) is 6.60. The summed E-state index contributed by atoms with van der Waals surface area (Å²) in [7, 11) is 0. The minimum Gasteiger partial charge on any atom is -0.356 e. The molecule has 0 aliphatic carbocycles. The third-order valence-electron chi connectivity index (χ3n) is 1.91. The number of carbonyl (C=O) groups is 2. The van der Waals surface area contributed by atoms with Crippen molar-refractivity contribution in [2.75, 3.05) is 6.54 Å². The zero-order valence-corrected chi connectivity index (χ0v) is 9.22. The van der Waals surface area contributed by atoms with Gasteiger partial charge in [-0.3, -0.25) is 9.59 Å². The van der Waals surface area contributed by atoms with E-state index in [2.05, 4.69) is 10.6 Å². The predicted molar refractivity (Wildman–Crippen MR) is 55.8 cm³/mol. The van der Waals surface area contributed by atoms with Crippen molar-refractivity contribution in [2.24, 2.45) is 0 Å². The summed E-state index contributed by atoms with van der Waals surface area (Å²) in [5.41, 5.74) is 0. The minimum atomic E-state index is -0.201. The molecule has 0 saturated carbocycles. The van der Waals surface area contributed by atoms with Crippen LogP contribution in [0.4, 0.5) is 0 Å². The van der Waals surface area contributed by atoms with Gasteiger partial charge < -0.3 is 10.6 Å². The molecule has 0 aromatic carbocycles. The fraction of sp³-hybridized carbons (Fsp3) is 0.800. The molecule has 4 heteroatoms. The maximum absolute atomic E-state index is 11.2. The maximum atomic E-state index is 11.2. The Morgan fingerprint density at radius 3 is 2.36 bits per heavy atom. The molecule has 0 aliphatic rings. The summed E-state index contributed by atoms with van der Waals surface area (Å²) in [4.78, 5) is 22.3. The van der Waals surface area contributed by atoms with Gasteiger partial charge in [0, 0.05) is 12.6 Å². The van der Waals surface area contributed by atoms with E-state index in [-0.39, 0.29) is 24.3 Å². The van der Waals surface area contributed by atoms with Crippen LogP contribution in [0.1, 0.15) is 40.0 Å². The number of rotatable bonds is 6. The smallest absolute Gasteiger partial charge is 0.229 e. The lowest BCUT2D eigenvalue weighted by atomic mass is 10.2. The van der Waals surface area contributed by atoms with Crippen LogP contribution < -0.4 is 10.6 Å². The van der Waals surface area contributed by atoms with Crippen LogP contribution >= 0.6 is 0 Å². The second-order valence-corrected chi connectivity index (χ2v) is 3.40. The highest BCUT2D eigenvalue weighted by atomic mass is 16.2. The molecule has 2 N–H and O–H groups in total. The topological polar surface area (TPSA) is 58.2 Å². The highest BCUT2D eigenvalue weighted by Gasteiger charge is 2.09. The molecule has 82 valence electrons. The van der Waals surface area contributed by atoms with Crippen molar-refractivity contribution in [3.05, 3.63) is 0 Å². The Kier molecular flexibility index (Phi) is 6.80. The predicted octanol–water partition coefficient (Wildman–Crippen LogP) is 0.817. The summed E-state index contributed by atoms with van der Waals surface area (Å²) in [6.07, 6.45) is 1.70. The summed E-state index contributed by atoms with van der Waals surface area (Å²) < 4.78 is 0. The molecule has 0 rings (SSSR count). The van der Waals surface area contributed by atoms with Gasteiger partial charge in [0.05, 0.1) is 0 Å². The molecule has 0 heterocycles. The van der Waals surface area contributed by atoms with Gasteiger partial charge in [-0.15, -0.1) is 0 Å². The first-order valence-corrected chi connectivity index (χ1v) is 5.16. The van der Waals surface area contributed by atoms with E-state index in [1.165, 1.54) is 0 Å². The quantitative estimate of drug-likeness (QED) is 0.624. The van der Waals surface area contributed by atoms with Gasteiger partial charge >= 0.3 is 0 Å². The van der Waals surface area contributed by atoms with E-state index >= 15 is 0 Å². The molecule has 0 fully saturated rings. The van der Waals surface area contributed by atoms with Crippen molar-refractivity contribution >= 4 is 11.8 Å². The van der Waals surface area contributed by atoms with Crippen molar-refractivity contribution in [3.8, 4) is 0 Å². The van der Waals surface area contributed by atoms with Gasteiger partial charge in [-0.1, -0.05) is 13.8 Å².